The summed E-state index contributed by atoms with van der Waals surface area (Å²) in [6.45, 7) is 5.21. The maximum Gasteiger partial charge on any atom is 0.288 e. The number of quaternary nitrogens is 1. The Morgan fingerprint density at radius 3 is 3.06 bits per heavy atom. The first-order chi connectivity index (χ1) is 7.86. The van der Waals surface area contributed by atoms with E-state index in [0.29, 0.717) is 6.54 Å². The van der Waals surface area contributed by atoms with Crippen LogP contribution in [0.2, 0.25) is 0 Å². The third-order valence-electron chi connectivity index (χ3n) is 2.59. The SMILES string of the molecule is O=C(NCC[NH+]1CCOCC1)c1ncn[nH]1. The molecule has 1 saturated heterocycles. The number of ether oxygens (including phenoxy) is 1. The lowest BCUT2D eigenvalue weighted by Gasteiger charge is -2.23. The Morgan fingerprint density at radius 1 is 1.56 bits per heavy atom. The summed E-state index contributed by atoms with van der Waals surface area (Å²) in [5.74, 6) is 0.0575. The van der Waals surface area contributed by atoms with Gasteiger partial charge in [-0.2, -0.15) is 5.10 Å². The standard InChI is InChI=1S/C9H15N5O2/c15-9(8-11-7-12-13-8)10-1-2-14-3-5-16-6-4-14/h7H,1-6H2,(H,10,15)(H,11,12,13)/p+1. The molecule has 0 atom stereocenters. The average Bonchev–Trinajstić information content (AvgIpc) is 2.84. The number of H-pyrrole nitrogens is 1. The average molecular weight is 226 g/mol. The lowest BCUT2D eigenvalue weighted by Crippen LogP contribution is -3.14. The molecule has 3 N–H and O–H groups in total. The Bertz CT molecular complexity index is 321. The number of nitrogens with zero attached hydrogens (tertiary/aromatic N) is 2. The molecule has 7 heteroatoms. The van der Waals surface area contributed by atoms with Gasteiger partial charge in [0.2, 0.25) is 5.82 Å². The van der Waals surface area contributed by atoms with E-state index in [1.54, 1.807) is 0 Å². The van der Waals surface area contributed by atoms with Crippen LogP contribution in [0.3, 0.4) is 0 Å². The zero-order valence-corrected chi connectivity index (χ0v) is 9.03. The van der Waals surface area contributed by atoms with Crippen LogP contribution in [0.25, 0.3) is 0 Å². The summed E-state index contributed by atoms with van der Waals surface area (Å²) in [7, 11) is 0. The summed E-state index contributed by atoms with van der Waals surface area (Å²) in [6, 6.07) is 0. The maximum atomic E-state index is 11.5. The number of nitrogens with one attached hydrogen (secondary N) is 3. The number of hydrogen-bond donors (Lipinski definition) is 3. The van der Waals surface area contributed by atoms with Gasteiger partial charge < -0.3 is 15.0 Å². The Morgan fingerprint density at radius 2 is 2.38 bits per heavy atom. The molecule has 0 aliphatic carbocycles. The molecule has 1 amide bonds. The molecule has 0 spiro atoms. The second-order valence-electron chi connectivity index (χ2n) is 3.70. The van der Waals surface area contributed by atoms with Crippen molar-refractivity contribution in [3.63, 3.8) is 0 Å². The van der Waals surface area contributed by atoms with Crippen LogP contribution in [0.1, 0.15) is 10.6 Å². The maximum absolute atomic E-state index is 11.5. The zero-order valence-electron chi connectivity index (χ0n) is 9.03. The van der Waals surface area contributed by atoms with Gasteiger partial charge in [-0.3, -0.25) is 9.89 Å². The molecule has 0 saturated carbocycles. The first kappa shape index (κ1) is 11.0. The highest BCUT2D eigenvalue weighted by Crippen LogP contribution is 1.83. The van der Waals surface area contributed by atoms with Crippen molar-refractivity contribution in [3.05, 3.63) is 12.2 Å². The van der Waals surface area contributed by atoms with E-state index >= 15 is 0 Å². The number of carbonyl (C=O) groups excluding carboxylic acids is 1. The fourth-order valence-corrected chi connectivity index (χ4v) is 1.66. The van der Waals surface area contributed by atoms with Crippen LogP contribution in [0.5, 0.6) is 0 Å². The van der Waals surface area contributed by atoms with Crippen molar-refractivity contribution in [2.75, 3.05) is 39.4 Å². The van der Waals surface area contributed by atoms with Crippen molar-refractivity contribution in [1.29, 1.82) is 0 Å². The molecule has 1 fully saturated rings. The summed E-state index contributed by atoms with van der Waals surface area (Å²) in [6.07, 6.45) is 1.32. The van der Waals surface area contributed by atoms with Gasteiger partial charge in [-0.15, -0.1) is 0 Å². The molecular formula is C9H16N5O2+. The predicted octanol–water partition coefficient (Wildman–Crippen LogP) is -2.55. The fraction of sp³-hybridized carbons (Fsp3) is 0.667. The van der Waals surface area contributed by atoms with Crippen molar-refractivity contribution in [2.45, 2.75) is 0 Å². The molecule has 88 valence electrons. The minimum absolute atomic E-state index is 0.204. The van der Waals surface area contributed by atoms with Gasteiger partial charge in [-0.25, -0.2) is 4.98 Å². The van der Waals surface area contributed by atoms with Gasteiger partial charge in [0, 0.05) is 0 Å². The molecule has 2 heterocycles. The molecule has 1 aromatic rings. The molecule has 0 radical (unpaired) electrons. The van der Waals surface area contributed by atoms with E-state index in [1.807, 2.05) is 0 Å². The van der Waals surface area contributed by atoms with Crippen molar-refractivity contribution < 1.29 is 14.4 Å². The van der Waals surface area contributed by atoms with Crippen LogP contribution >= 0.6 is 0 Å². The van der Waals surface area contributed by atoms with E-state index in [-0.39, 0.29) is 11.7 Å². The van der Waals surface area contributed by atoms with E-state index < -0.39 is 0 Å². The van der Waals surface area contributed by atoms with Crippen LogP contribution in [-0.2, 0) is 4.74 Å². The molecule has 0 aromatic carbocycles. The quantitative estimate of drug-likeness (QED) is 0.528. The number of rotatable bonds is 4. The minimum Gasteiger partial charge on any atom is -0.370 e. The van der Waals surface area contributed by atoms with Crippen molar-refractivity contribution in [2.24, 2.45) is 0 Å². The third-order valence-corrected chi connectivity index (χ3v) is 2.59. The van der Waals surface area contributed by atoms with Crippen LogP contribution in [0.4, 0.5) is 0 Å². The normalized spacial score (nSPS) is 17.2. The molecule has 2 rings (SSSR count). The lowest BCUT2D eigenvalue weighted by molar-refractivity contribution is -0.906. The predicted molar refractivity (Wildman–Crippen MR) is 55.1 cm³/mol. The Hall–Kier alpha value is -1.47. The van der Waals surface area contributed by atoms with Crippen LogP contribution < -0.4 is 10.2 Å². The van der Waals surface area contributed by atoms with E-state index in [9.17, 15) is 4.79 Å². The Balaban J connectivity index is 1.66. The Kier molecular flexibility index (Phi) is 3.84. The van der Waals surface area contributed by atoms with Gasteiger partial charge in [0.15, 0.2) is 0 Å². The summed E-state index contributed by atoms with van der Waals surface area (Å²) in [5, 5.41) is 8.95. The number of amides is 1. The highest BCUT2D eigenvalue weighted by Gasteiger charge is 2.14. The summed E-state index contributed by atoms with van der Waals surface area (Å²) >= 11 is 0. The van der Waals surface area contributed by atoms with Crippen molar-refractivity contribution in [1.82, 2.24) is 20.5 Å². The van der Waals surface area contributed by atoms with Gasteiger partial charge in [0.25, 0.3) is 5.91 Å². The molecule has 1 aliphatic rings. The van der Waals surface area contributed by atoms with Crippen LogP contribution in [0.15, 0.2) is 6.33 Å². The lowest BCUT2D eigenvalue weighted by atomic mass is 10.4. The second kappa shape index (κ2) is 5.57. The molecule has 0 unspecified atom stereocenters. The van der Waals surface area contributed by atoms with E-state index in [2.05, 4.69) is 20.5 Å². The van der Waals surface area contributed by atoms with Crippen LogP contribution in [-0.4, -0.2) is 60.5 Å². The summed E-state index contributed by atoms with van der Waals surface area (Å²) in [5.41, 5.74) is 0. The highest BCUT2D eigenvalue weighted by molar-refractivity contribution is 5.90. The van der Waals surface area contributed by atoms with Gasteiger partial charge in [-0.05, 0) is 0 Å². The number of hydrogen-bond acceptors (Lipinski definition) is 4. The van der Waals surface area contributed by atoms with Crippen molar-refractivity contribution in [3.8, 4) is 0 Å². The smallest absolute Gasteiger partial charge is 0.288 e. The number of carbonyl (C=O) groups is 1. The molecule has 1 aliphatic heterocycles. The van der Waals surface area contributed by atoms with Gasteiger partial charge in [-0.1, -0.05) is 0 Å². The number of morpholine rings is 1. The van der Waals surface area contributed by atoms with Gasteiger partial charge >= 0.3 is 0 Å². The summed E-state index contributed by atoms with van der Waals surface area (Å²) < 4.78 is 5.25. The summed E-state index contributed by atoms with van der Waals surface area (Å²) in [4.78, 5) is 16.7. The second-order valence-corrected chi connectivity index (χ2v) is 3.70. The molecule has 16 heavy (non-hydrogen) atoms. The van der Waals surface area contributed by atoms with E-state index in [1.165, 1.54) is 11.2 Å². The molecule has 0 bridgehead atoms. The molecule has 7 nitrogen and oxygen atoms in total. The van der Waals surface area contributed by atoms with E-state index in [0.717, 1.165) is 32.8 Å². The topological polar surface area (TPSA) is 84.3 Å². The largest absolute Gasteiger partial charge is 0.370 e. The minimum atomic E-state index is -0.204. The third kappa shape index (κ3) is 3.01. The Labute approximate surface area is 93.2 Å². The van der Waals surface area contributed by atoms with Crippen LogP contribution in [0, 0.1) is 0 Å². The zero-order chi connectivity index (χ0) is 11.2. The first-order valence-corrected chi connectivity index (χ1v) is 5.41. The monoisotopic (exact) mass is 226 g/mol. The van der Waals surface area contributed by atoms with Gasteiger partial charge in [0.05, 0.1) is 26.3 Å². The number of aromatic nitrogens is 3. The number of aromatic amines is 1. The molecular weight excluding hydrogens is 210 g/mol. The first-order valence-electron chi connectivity index (χ1n) is 5.41. The van der Waals surface area contributed by atoms with Crippen molar-refractivity contribution >= 4 is 5.91 Å². The van der Waals surface area contributed by atoms with Gasteiger partial charge in [0.1, 0.15) is 19.4 Å². The fourth-order valence-electron chi connectivity index (χ4n) is 1.66. The van der Waals surface area contributed by atoms with E-state index in [4.69, 9.17) is 4.74 Å². The molecule has 1 aromatic heterocycles. The highest BCUT2D eigenvalue weighted by atomic mass is 16.5.